The zero-order chi connectivity index (χ0) is 20.2. The second-order valence-electron chi connectivity index (χ2n) is 7.39. The van der Waals surface area contributed by atoms with E-state index in [1.165, 1.54) is 11.1 Å². The SMILES string of the molecule is Cc1ccc(OCCCCn2c(-c3cccc(Cl)c3)nc3ccccc32)cc1C. The minimum atomic E-state index is 0.710. The molecule has 0 N–H and O–H groups in total. The summed E-state index contributed by atoms with van der Waals surface area (Å²) in [6.07, 6.45) is 1.99. The fraction of sp³-hybridized carbons (Fsp3) is 0.240. The molecule has 3 aromatic carbocycles. The molecule has 0 saturated heterocycles. The van der Waals surface area contributed by atoms with Gasteiger partial charge in [0.1, 0.15) is 11.6 Å². The highest BCUT2D eigenvalue weighted by Crippen LogP contribution is 2.27. The number of benzene rings is 3. The van der Waals surface area contributed by atoms with Gasteiger partial charge in [0.2, 0.25) is 0 Å². The van der Waals surface area contributed by atoms with E-state index in [4.69, 9.17) is 21.3 Å². The highest BCUT2D eigenvalue weighted by atomic mass is 35.5. The average molecular weight is 405 g/mol. The first-order chi connectivity index (χ1) is 14.1. The lowest BCUT2D eigenvalue weighted by molar-refractivity contribution is 0.303. The lowest BCUT2D eigenvalue weighted by Crippen LogP contribution is -2.04. The summed E-state index contributed by atoms with van der Waals surface area (Å²) in [6, 6.07) is 22.4. The molecular weight excluding hydrogens is 380 g/mol. The zero-order valence-corrected chi connectivity index (χ0v) is 17.6. The number of fused-ring (bicyclic) bond motifs is 1. The zero-order valence-electron chi connectivity index (χ0n) is 16.9. The number of unbranched alkanes of at least 4 members (excludes halogenated alkanes) is 1. The van der Waals surface area contributed by atoms with Crippen molar-refractivity contribution in [1.82, 2.24) is 9.55 Å². The van der Waals surface area contributed by atoms with Gasteiger partial charge < -0.3 is 9.30 Å². The Morgan fingerprint density at radius 1 is 0.897 bits per heavy atom. The molecule has 1 heterocycles. The number of nitrogens with zero attached hydrogens (tertiary/aromatic N) is 2. The summed E-state index contributed by atoms with van der Waals surface area (Å²) in [7, 11) is 0. The number of ether oxygens (including phenoxy) is 1. The van der Waals surface area contributed by atoms with Crippen LogP contribution in [0, 0.1) is 13.8 Å². The molecule has 4 aromatic rings. The van der Waals surface area contributed by atoms with Gasteiger partial charge >= 0.3 is 0 Å². The molecule has 0 aliphatic carbocycles. The molecule has 1 aromatic heterocycles. The van der Waals surface area contributed by atoms with Gasteiger partial charge in [-0.2, -0.15) is 0 Å². The summed E-state index contributed by atoms with van der Waals surface area (Å²) in [5, 5.41) is 0.725. The molecule has 148 valence electrons. The van der Waals surface area contributed by atoms with Gasteiger partial charge in [0.05, 0.1) is 17.6 Å². The molecule has 29 heavy (non-hydrogen) atoms. The summed E-state index contributed by atoms with van der Waals surface area (Å²) in [6.45, 7) is 5.83. The van der Waals surface area contributed by atoms with Crippen LogP contribution in [-0.4, -0.2) is 16.2 Å². The number of imidazole rings is 1. The monoisotopic (exact) mass is 404 g/mol. The quantitative estimate of drug-likeness (QED) is 0.315. The van der Waals surface area contributed by atoms with Gasteiger partial charge in [0, 0.05) is 17.1 Å². The van der Waals surface area contributed by atoms with Crippen LogP contribution in [0.15, 0.2) is 66.7 Å². The van der Waals surface area contributed by atoms with Crippen LogP contribution in [-0.2, 0) is 6.54 Å². The summed E-state index contributed by atoms with van der Waals surface area (Å²) < 4.78 is 8.23. The summed E-state index contributed by atoms with van der Waals surface area (Å²) in [5.74, 6) is 1.91. The van der Waals surface area contributed by atoms with Crippen LogP contribution in [0.1, 0.15) is 24.0 Å². The maximum atomic E-state index is 6.22. The van der Waals surface area contributed by atoms with Crippen molar-refractivity contribution in [3.05, 3.63) is 82.9 Å². The Labute approximate surface area is 176 Å². The van der Waals surface area contributed by atoms with Crippen molar-refractivity contribution in [2.75, 3.05) is 6.61 Å². The molecule has 0 aliphatic rings. The van der Waals surface area contributed by atoms with Crippen molar-refractivity contribution in [2.24, 2.45) is 0 Å². The van der Waals surface area contributed by atoms with Gasteiger partial charge in [-0.05, 0) is 74.2 Å². The molecule has 0 radical (unpaired) electrons. The number of rotatable bonds is 7. The van der Waals surface area contributed by atoms with E-state index < -0.39 is 0 Å². The van der Waals surface area contributed by atoms with E-state index in [0.717, 1.165) is 52.6 Å². The molecule has 0 amide bonds. The third-order valence-corrected chi connectivity index (χ3v) is 5.50. The Hall–Kier alpha value is -2.78. The Bertz CT molecular complexity index is 1130. The van der Waals surface area contributed by atoms with Crippen LogP contribution in [0.3, 0.4) is 0 Å². The van der Waals surface area contributed by atoms with Crippen molar-refractivity contribution in [3.8, 4) is 17.1 Å². The Kier molecular flexibility index (Phi) is 5.86. The number of aryl methyl sites for hydroxylation is 3. The van der Waals surface area contributed by atoms with Crippen molar-refractivity contribution in [1.29, 1.82) is 0 Å². The van der Waals surface area contributed by atoms with Crippen LogP contribution in [0.5, 0.6) is 5.75 Å². The molecule has 0 atom stereocenters. The predicted molar refractivity (Wildman–Crippen MR) is 121 cm³/mol. The first kappa shape index (κ1) is 19.5. The largest absolute Gasteiger partial charge is 0.494 e. The fourth-order valence-corrected chi connectivity index (χ4v) is 3.71. The van der Waals surface area contributed by atoms with E-state index in [9.17, 15) is 0 Å². The Morgan fingerprint density at radius 2 is 1.76 bits per heavy atom. The van der Waals surface area contributed by atoms with Gasteiger partial charge in [0.25, 0.3) is 0 Å². The van der Waals surface area contributed by atoms with Gasteiger partial charge in [0.15, 0.2) is 0 Å². The van der Waals surface area contributed by atoms with E-state index in [-0.39, 0.29) is 0 Å². The molecule has 4 rings (SSSR count). The van der Waals surface area contributed by atoms with Crippen LogP contribution >= 0.6 is 11.6 Å². The van der Waals surface area contributed by atoms with Gasteiger partial charge in [-0.25, -0.2) is 4.98 Å². The predicted octanol–water partition coefficient (Wildman–Crippen LogP) is 6.83. The van der Waals surface area contributed by atoms with Gasteiger partial charge in [-0.15, -0.1) is 0 Å². The van der Waals surface area contributed by atoms with E-state index in [1.807, 2.05) is 30.3 Å². The molecule has 0 spiro atoms. The van der Waals surface area contributed by atoms with Crippen LogP contribution in [0.2, 0.25) is 5.02 Å². The lowest BCUT2D eigenvalue weighted by atomic mass is 10.1. The van der Waals surface area contributed by atoms with E-state index in [1.54, 1.807) is 0 Å². The van der Waals surface area contributed by atoms with Crippen molar-refractivity contribution >= 4 is 22.6 Å². The molecule has 0 fully saturated rings. The first-order valence-electron chi connectivity index (χ1n) is 10.0. The Balaban J connectivity index is 1.46. The number of hydrogen-bond donors (Lipinski definition) is 0. The highest BCUT2D eigenvalue weighted by molar-refractivity contribution is 6.30. The average Bonchev–Trinajstić information content (AvgIpc) is 3.09. The molecule has 0 unspecified atom stereocenters. The number of halogens is 1. The van der Waals surface area contributed by atoms with Gasteiger partial charge in [-0.3, -0.25) is 0 Å². The summed E-state index contributed by atoms with van der Waals surface area (Å²) in [4.78, 5) is 4.86. The number of hydrogen-bond acceptors (Lipinski definition) is 2. The second kappa shape index (κ2) is 8.71. The van der Waals surface area contributed by atoms with Crippen molar-refractivity contribution in [2.45, 2.75) is 33.2 Å². The topological polar surface area (TPSA) is 27.1 Å². The maximum Gasteiger partial charge on any atom is 0.141 e. The second-order valence-corrected chi connectivity index (χ2v) is 7.82. The lowest BCUT2D eigenvalue weighted by Gasteiger charge is -2.11. The molecule has 0 saturated carbocycles. The van der Waals surface area contributed by atoms with Crippen molar-refractivity contribution < 1.29 is 4.74 Å². The van der Waals surface area contributed by atoms with Crippen LogP contribution < -0.4 is 4.74 Å². The molecular formula is C25H25ClN2O. The molecule has 4 heteroatoms. The van der Waals surface area contributed by atoms with E-state index in [2.05, 4.69) is 54.8 Å². The normalized spacial score (nSPS) is 11.1. The van der Waals surface area contributed by atoms with E-state index in [0.29, 0.717) is 6.61 Å². The van der Waals surface area contributed by atoms with Crippen LogP contribution in [0.25, 0.3) is 22.4 Å². The third-order valence-electron chi connectivity index (χ3n) is 5.26. The smallest absolute Gasteiger partial charge is 0.141 e. The first-order valence-corrected chi connectivity index (χ1v) is 10.4. The number of aromatic nitrogens is 2. The Morgan fingerprint density at radius 3 is 2.59 bits per heavy atom. The van der Waals surface area contributed by atoms with E-state index >= 15 is 0 Å². The number of para-hydroxylation sites is 2. The van der Waals surface area contributed by atoms with Gasteiger partial charge in [-0.1, -0.05) is 41.9 Å². The van der Waals surface area contributed by atoms with Crippen molar-refractivity contribution in [3.63, 3.8) is 0 Å². The summed E-state index contributed by atoms with van der Waals surface area (Å²) in [5.41, 5.74) is 5.75. The molecule has 0 bridgehead atoms. The molecule has 3 nitrogen and oxygen atoms in total. The summed E-state index contributed by atoms with van der Waals surface area (Å²) >= 11 is 6.22. The maximum absolute atomic E-state index is 6.22. The van der Waals surface area contributed by atoms with Crippen LogP contribution in [0.4, 0.5) is 0 Å². The standard InChI is InChI=1S/C25H25ClN2O/c1-18-12-13-22(16-19(18)2)29-15-6-5-14-28-24-11-4-3-10-23(24)27-25(28)20-8-7-9-21(26)17-20/h3-4,7-13,16-17H,5-6,14-15H2,1-2H3. The third kappa shape index (κ3) is 4.46. The minimum absolute atomic E-state index is 0.710. The molecule has 0 aliphatic heterocycles. The fourth-order valence-electron chi connectivity index (χ4n) is 3.52. The minimum Gasteiger partial charge on any atom is -0.494 e. The highest BCUT2D eigenvalue weighted by Gasteiger charge is 2.12.